The second-order valence-electron chi connectivity index (χ2n) is 6.46. The molecule has 0 aliphatic rings. The van der Waals surface area contributed by atoms with E-state index in [0.717, 1.165) is 31.1 Å². The van der Waals surface area contributed by atoms with Gasteiger partial charge in [-0.3, -0.25) is 4.98 Å². The van der Waals surface area contributed by atoms with Crippen LogP contribution in [0.15, 0.2) is 25.0 Å². The Morgan fingerprint density at radius 1 is 1.35 bits per heavy atom. The van der Waals surface area contributed by atoms with Crippen molar-refractivity contribution in [2.75, 3.05) is 18.0 Å². The van der Waals surface area contributed by atoms with E-state index in [-0.39, 0.29) is 5.54 Å². The Labute approximate surface area is 123 Å². The Hall–Kier alpha value is -1.42. The summed E-state index contributed by atoms with van der Waals surface area (Å²) in [5, 5.41) is 3.40. The van der Waals surface area contributed by atoms with Crippen molar-refractivity contribution in [3.8, 4) is 0 Å². The fourth-order valence-electron chi connectivity index (χ4n) is 1.94. The molecule has 0 fully saturated rings. The average molecular weight is 276 g/mol. The fraction of sp³-hybridized carbons (Fsp3) is 0.625. The first-order valence-corrected chi connectivity index (χ1v) is 7.24. The van der Waals surface area contributed by atoms with Crippen LogP contribution in [0.1, 0.15) is 40.3 Å². The molecule has 0 aromatic carbocycles. The summed E-state index contributed by atoms with van der Waals surface area (Å²) < 4.78 is 0. The maximum absolute atomic E-state index is 4.71. The lowest BCUT2D eigenvalue weighted by Gasteiger charge is -2.35. The second kappa shape index (κ2) is 7.39. The first kappa shape index (κ1) is 16.6. The smallest absolute Gasteiger partial charge is 0.148 e. The lowest BCUT2D eigenvalue weighted by atomic mass is 10.1. The number of anilines is 1. The van der Waals surface area contributed by atoms with Gasteiger partial charge in [0.15, 0.2) is 0 Å². The molecule has 0 amide bonds. The average Bonchev–Trinajstić information content (AvgIpc) is 2.34. The van der Waals surface area contributed by atoms with E-state index in [9.17, 15) is 0 Å². The van der Waals surface area contributed by atoms with Gasteiger partial charge in [0.1, 0.15) is 5.82 Å². The highest BCUT2D eigenvalue weighted by Crippen LogP contribution is 2.21. The van der Waals surface area contributed by atoms with Crippen LogP contribution in [0.25, 0.3) is 0 Å². The van der Waals surface area contributed by atoms with Crippen molar-refractivity contribution in [2.24, 2.45) is 5.92 Å². The van der Waals surface area contributed by atoms with Gasteiger partial charge in [0.05, 0.1) is 11.9 Å². The number of aromatic nitrogens is 2. The maximum Gasteiger partial charge on any atom is 0.148 e. The van der Waals surface area contributed by atoms with Crippen LogP contribution in [0, 0.1) is 5.92 Å². The van der Waals surface area contributed by atoms with Crippen LogP contribution in [0.2, 0.25) is 0 Å². The molecule has 0 radical (unpaired) electrons. The zero-order valence-electron chi connectivity index (χ0n) is 13.5. The highest BCUT2D eigenvalue weighted by Gasteiger charge is 2.22. The molecule has 20 heavy (non-hydrogen) atoms. The van der Waals surface area contributed by atoms with Crippen LogP contribution >= 0.6 is 0 Å². The molecule has 0 bridgehead atoms. The molecule has 4 heteroatoms. The second-order valence-corrected chi connectivity index (χ2v) is 6.46. The molecule has 4 nitrogen and oxygen atoms in total. The summed E-state index contributed by atoms with van der Waals surface area (Å²) in [5.41, 5.74) is 0.966. The summed E-state index contributed by atoms with van der Waals surface area (Å²) in [4.78, 5) is 11.2. The van der Waals surface area contributed by atoms with E-state index < -0.39 is 0 Å². The van der Waals surface area contributed by atoms with Crippen LogP contribution < -0.4 is 10.2 Å². The minimum atomic E-state index is -0.00709. The Bertz CT molecular complexity index is 421. The van der Waals surface area contributed by atoms with Gasteiger partial charge in [-0.2, -0.15) is 0 Å². The number of nitrogens with zero attached hydrogens (tertiary/aromatic N) is 3. The lowest BCUT2D eigenvalue weighted by Crippen LogP contribution is -2.42. The lowest BCUT2D eigenvalue weighted by molar-refractivity contribution is 0.513. The van der Waals surface area contributed by atoms with Gasteiger partial charge in [-0.15, -0.1) is 6.58 Å². The molecule has 0 aliphatic carbocycles. The topological polar surface area (TPSA) is 41.1 Å². The van der Waals surface area contributed by atoms with Gasteiger partial charge >= 0.3 is 0 Å². The summed E-state index contributed by atoms with van der Waals surface area (Å²) in [5.74, 6) is 1.54. The largest absolute Gasteiger partial charge is 0.347 e. The van der Waals surface area contributed by atoms with Gasteiger partial charge in [-0.1, -0.05) is 19.9 Å². The molecule has 1 aromatic rings. The quantitative estimate of drug-likeness (QED) is 0.777. The molecular formula is C16H28N4. The highest BCUT2D eigenvalue weighted by molar-refractivity contribution is 5.40. The van der Waals surface area contributed by atoms with Gasteiger partial charge in [0.25, 0.3) is 0 Å². The predicted molar refractivity (Wildman–Crippen MR) is 85.9 cm³/mol. The molecule has 1 rings (SSSR count). The third-order valence-electron chi connectivity index (χ3n) is 2.93. The van der Waals surface area contributed by atoms with E-state index in [1.54, 1.807) is 0 Å². The summed E-state index contributed by atoms with van der Waals surface area (Å²) in [6.07, 6.45) is 5.54. The molecule has 1 aromatic heterocycles. The molecule has 1 heterocycles. The summed E-state index contributed by atoms with van der Waals surface area (Å²) >= 11 is 0. The Balaban J connectivity index is 2.81. The molecule has 0 unspecified atom stereocenters. The van der Waals surface area contributed by atoms with Crippen LogP contribution in [-0.4, -0.2) is 28.6 Å². The fourth-order valence-corrected chi connectivity index (χ4v) is 1.94. The molecule has 112 valence electrons. The highest BCUT2D eigenvalue weighted by atomic mass is 15.2. The molecular weight excluding hydrogens is 248 g/mol. The van der Waals surface area contributed by atoms with E-state index in [1.165, 1.54) is 0 Å². The predicted octanol–water partition coefficient (Wildman–Crippen LogP) is 3.01. The van der Waals surface area contributed by atoms with E-state index in [4.69, 9.17) is 4.98 Å². The Morgan fingerprint density at radius 2 is 2.05 bits per heavy atom. The number of nitrogens with one attached hydrogen (secondary N) is 1. The van der Waals surface area contributed by atoms with Crippen molar-refractivity contribution >= 4 is 5.82 Å². The van der Waals surface area contributed by atoms with Gasteiger partial charge in [0.2, 0.25) is 0 Å². The van der Waals surface area contributed by atoms with E-state index in [1.807, 2.05) is 18.5 Å². The van der Waals surface area contributed by atoms with Gasteiger partial charge < -0.3 is 10.2 Å². The molecule has 0 saturated heterocycles. The van der Waals surface area contributed by atoms with Crippen molar-refractivity contribution < 1.29 is 0 Å². The Morgan fingerprint density at radius 3 is 2.60 bits per heavy atom. The van der Waals surface area contributed by atoms with Crippen molar-refractivity contribution in [3.63, 3.8) is 0 Å². The maximum atomic E-state index is 4.71. The third-order valence-corrected chi connectivity index (χ3v) is 2.93. The normalized spacial score (nSPS) is 11.7. The number of hydrogen-bond donors (Lipinski definition) is 1. The summed E-state index contributed by atoms with van der Waals surface area (Å²) in [6.45, 7) is 17.2. The molecule has 1 N–H and O–H groups in total. The van der Waals surface area contributed by atoms with Crippen molar-refractivity contribution in [2.45, 2.75) is 46.7 Å². The van der Waals surface area contributed by atoms with Crippen molar-refractivity contribution in [1.82, 2.24) is 15.3 Å². The SMILES string of the molecule is C=CCN(c1cncc(CNCC(C)C)n1)C(C)(C)C. The van der Waals surface area contributed by atoms with Crippen molar-refractivity contribution in [1.29, 1.82) is 0 Å². The minimum Gasteiger partial charge on any atom is -0.347 e. The molecule has 0 spiro atoms. The van der Waals surface area contributed by atoms with E-state index in [2.05, 4.69) is 56.4 Å². The third kappa shape index (κ3) is 5.29. The molecule has 0 saturated carbocycles. The minimum absolute atomic E-state index is 0.00709. The Kier molecular flexibility index (Phi) is 6.14. The number of rotatable bonds is 7. The van der Waals surface area contributed by atoms with Gasteiger partial charge in [0, 0.05) is 24.8 Å². The monoisotopic (exact) mass is 276 g/mol. The molecule has 0 aliphatic heterocycles. The summed E-state index contributed by atoms with van der Waals surface area (Å²) in [7, 11) is 0. The zero-order valence-corrected chi connectivity index (χ0v) is 13.5. The standard InChI is InChI=1S/C16H28N4/c1-7-8-20(16(4,5)6)15-12-18-11-14(19-15)10-17-9-13(2)3/h7,11-13,17H,1,8-10H2,2-6H3. The first-order chi connectivity index (χ1) is 9.34. The van der Waals surface area contributed by atoms with Crippen LogP contribution in [0.5, 0.6) is 0 Å². The van der Waals surface area contributed by atoms with E-state index >= 15 is 0 Å². The summed E-state index contributed by atoms with van der Waals surface area (Å²) in [6, 6.07) is 0. The zero-order chi connectivity index (χ0) is 15.2. The van der Waals surface area contributed by atoms with Gasteiger partial charge in [-0.05, 0) is 33.2 Å². The van der Waals surface area contributed by atoms with Crippen LogP contribution in [0.4, 0.5) is 5.82 Å². The number of hydrogen-bond acceptors (Lipinski definition) is 4. The first-order valence-electron chi connectivity index (χ1n) is 7.24. The van der Waals surface area contributed by atoms with Crippen LogP contribution in [0.3, 0.4) is 0 Å². The van der Waals surface area contributed by atoms with E-state index in [0.29, 0.717) is 5.92 Å². The van der Waals surface area contributed by atoms with Crippen LogP contribution in [-0.2, 0) is 6.54 Å². The van der Waals surface area contributed by atoms with Crippen molar-refractivity contribution in [3.05, 3.63) is 30.7 Å². The van der Waals surface area contributed by atoms with Gasteiger partial charge in [-0.25, -0.2) is 4.98 Å². The molecule has 0 atom stereocenters.